The van der Waals surface area contributed by atoms with Crippen molar-refractivity contribution in [3.8, 4) is 11.1 Å². The summed E-state index contributed by atoms with van der Waals surface area (Å²) in [5.74, 6) is 1.14. The van der Waals surface area contributed by atoms with Crippen molar-refractivity contribution in [2.45, 2.75) is 46.2 Å². The highest BCUT2D eigenvalue weighted by Gasteiger charge is 2.32. The molecule has 4 heterocycles. The molecule has 0 aliphatic carbocycles. The van der Waals surface area contributed by atoms with Crippen LogP contribution in [0, 0.1) is 0 Å². The van der Waals surface area contributed by atoms with Gasteiger partial charge in [-0.1, -0.05) is 6.07 Å². The zero-order valence-corrected chi connectivity index (χ0v) is 18.1. The van der Waals surface area contributed by atoms with Crippen LogP contribution >= 0.6 is 0 Å². The molecule has 1 aromatic carbocycles. The molecular weight excluding hydrogens is 376 g/mol. The van der Waals surface area contributed by atoms with Gasteiger partial charge in [0.05, 0.1) is 12.7 Å². The molecule has 7 heteroatoms. The van der Waals surface area contributed by atoms with Gasteiger partial charge in [-0.15, -0.1) is 0 Å². The summed E-state index contributed by atoms with van der Waals surface area (Å²) in [5.41, 5.74) is 7.37. The smallest absolute Gasteiger partial charge is 0.219 e. The summed E-state index contributed by atoms with van der Waals surface area (Å²) in [4.78, 5) is 16.3. The predicted molar refractivity (Wildman–Crippen MR) is 117 cm³/mol. The molecule has 3 aromatic rings. The van der Waals surface area contributed by atoms with Crippen molar-refractivity contribution >= 4 is 17.4 Å². The van der Waals surface area contributed by atoms with E-state index in [1.54, 1.807) is 6.92 Å². The second-order valence-electron chi connectivity index (χ2n) is 8.63. The fourth-order valence-electron chi connectivity index (χ4n) is 4.71. The monoisotopic (exact) mass is 404 g/mol. The molecule has 0 saturated heterocycles. The van der Waals surface area contributed by atoms with E-state index in [1.165, 1.54) is 28.1 Å². The Morgan fingerprint density at radius 2 is 1.97 bits per heavy atom. The normalized spacial score (nSPS) is 15.6. The van der Waals surface area contributed by atoms with E-state index in [0.29, 0.717) is 12.6 Å². The Kier molecular flexibility index (Phi) is 4.41. The number of amides is 1. The molecule has 7 nitrogen and oxygen atoms in total. The van der Waals surface area contributed by atoms with E-state index >= 15 is 0 Å². The molecule has 2 aliphatic rings. The predicted octanol–water partition coefficient (Wildman–Crippen LogP) is 3.46. The van der Waals surface area contributed by atoms with Crippen molar-refractivity contribution in [3.63, 3.8) is 0 Å². The molecule has 156 valence electrons. The van der Waals surface area contributed by atoms with E-state index in [2.05, 4.69) is 46.7 Å². The zero-order valence-electron chi connectivity index (χ0n) is 18.1. The molecule has 0 N–H and O–H groups in total. The SMILES string of the molecule is CC(=O)N1CCc2c(c(N3CCc4cc(-c5cnn(C)c5)ccc43)nn2C(C)C)C1. The Bertz CT molecular complexity index is 1120. The maximum Gasteiger partial charge on any atom is 0.219 e. The molecule has 0 unspecified atom stereocenters. The number of rotatable bonds is 3. The van der Waals surface area contributed by atoms with Gasteiger partial charge in [0.15, 0.2) is 5.82 Å². The van der Waals surface area contributed by atoms with E-state index in [4.69, 9.17) is 5.10 Å². The van der Waals surface area contributed by atoms with E-state index in [0.717, 1.165) is 37.3 Å². The van der Waals surface area contributed by atoms with Crippen LogP contribution in [-0.2, 0) is 31.2 Å². The van der Waals surface area contributed by atoms with Crippen LogP contribution < -0.4 is 4.90 Å². The van der Waals surface area contributed by atoms with E-state index in [-0.39, 0.29) is 5.91 Å². The Hall–Kier alpha value is -3.09. The molecule has 0 spiro atoms. The van der Waals surface area contributed by atoms with Crippen molar-refractivity contribution in [2.75, 3.05) is 18.0 Å². The first-order valence-electron chi connectivity index (χ1n) is 10.7. The summed E-state index contributed by atoms with van der Waals surface area (Å²) in [7, 11) is 1.94. The van der Waals surface area contributed by atoms with Crippen molar-refractivity contribution in [2.24, 2.45) is 7.05 Å². The molecule has 0 saturated carbocycles. The first-order valence-corrected chi connectivity index (χ1v) is 10.7. The summed E-state index contributed by atoms with van der Waals surface area (Å²) in [5, 5.41) is 9.34. The van der Waals surface area contributed by atoms with E-state index < -0.39 is 0 Å². The molecule has 0 radical (unpaired) electrons. The lowest BCUT2D eigenvalue weighted by Crippen LogP contribution is -2.35. The molecule has 0 fully saturated rings. The number of carbonyl (C=O) groups is 1. The number of hydrogen-bond donors (Lipinski definition) is 0. The Morgan fingerprint density at radius 1 is 1.13 bits per heavy atom. The molecule has 30 heavy (non-hydrogen) atoms. The van der Waals surface area contributed by atoms with Gasteiger partial charge in [0.25, 0.3) is 0 Å². The van der Waals surface area contributed by atoms with Gasteiger partial charge in [-0.3, -0.25) is 14.2 Å². The van der Waals surface area contributed by atoms with Gasteiger partial charge in [-0.05, 0) is 43.5 Å². The number of aromatic nitrogens is 4. The van der Waals surface area contributed by atoms with Crippen LogP contribution in [0.3, 0.4) is 0 Å². The maximum atomic E-state index is 12.0. The average Bonchev–Trinajstić information content (AvgIpc) is 3.43. The van der Waals surface area contributed by atoms with Gasteiger partial charge >= 0.3 is 0 Å². The largest absolute Gasteiger partial charge is 0.338 e. The molecular formula is C23H28N6O. The molecule has 5 rings (SSSR count). The Morgan fingerprint density at radius 3 is 2.67 bits per heavy atom. The number of nitrogens with zero attached hydrogens (tertiary/aromatic N) is 6. The van der Waals surface area contributed by atoms with Crippen molar-refractivity contribution in [1.82, 2.24) is 24.5 Å². The lowest BCUT2D eigenvalue weighted by atomic mass is 10.0. The van der Waals surface area contributed by atoms with Gasteiger partial charge in [0.2, 0.25) is 5.91 Å². The summed E-state index contributed by atoms with van der Waals surface area (Å²) < 4.78 is 3.99. The van der Waals surface area contributed by atoms with E-state index in [1.807, 2.05) is 29.0 Å². The molecule has 0 bridgehead atoms. The first kappa shape index (κ1) is 18.9. The van der Waals surface area contributed by atoms with Crippen LogP contribution in [0.15, 0.2) is 30.6 Å². The fourth-order valence-corrected chi connectivity index (χ4v) is 4.71. The third-order valence-corrected chi connectivity index (χ3v) is 6.27. The van der Waals surface area contributed by atoms with E-state index in [9.17, 15) is 4.79 Å². The zero-order chi connectivity index (χ0) is 21.0. The fraction of sp³-hybridized carbons (Fsp3) is 0.435. The van der Waals surface area contributed by atoms with Crippen molar-refractivity contribution in [1.29, 1.82) is 0 Å². The van der Waals surface area contributed by atoms with Gasteiger partial charge < -0.3 is 9.80 Å². The van der Waals surface area contributed by atoms with Crippen LogP contribution in [0.1, 0.15) is 43.6 Å². The first-order chi connectivity index (χ1) is 14.4. The highest BCUT2D eigenvalue weighted by molar-refractivity contribution is 5.77. The van der Waals surface area contributed by atoms with Crippen molar-refractivity contribution in [3.05, 3.63) is 47.4 Å². The highest BCUT2D eigenvalue weighted by atomic mass is 16.2. The van der Waals surface area contributed by atoms with Gasteiger partial charge in [0, 0.05) is 68.2 Å². The molecule has 2 aliphatic heterocycles. The number of hydrogen-bond acceptors (Lipinski definition) is 4. The quantitative estimate of drug-likeness (QED) is 0.671. The van der Waals surface area contributed by atoms with Crippen molar-refractivity contribution < 1.29 is 4.79 Å². The summed E-state index contributed by atoms with van der Waals surface area (Å²) in [6, 6.07) is 6.95. The standard InChI is InChI=1S/C23H28N6O/c1-15(2)29-22-8-9-27(16(3)30)14-20(22)23(25-29)28-10-7-18-11-17(5-6-21(18)28)19-12-24-26(4)13-19/h5-6,11-13,15H,7-10,14H2,1-4H3. The summed E-state index contributed by atoms with van der Waals surface area (Å²) in [6.07, 6.45) is 5.81. The number of fused-ring (bicyclic) bond motifs is 2. The molecule has 0 atom stereocenters. The molecule has 1 amide bonds. The lowest BCUT2D eigenvalue weighted by molar-refractivity contribution is -0.129. The third-order valence-electron chi connectivity index (χ3n) is 6.27. The topological polar surface area (TPSA) is 59.2 Å². The Balaban J connectivity index is 1.54. The minimum atomic E-state index is 0.131. The van der Waals surface area contributed by atoms with Crippen LogP contribution in [0.5, 0.6) is 0 Å². The Labute approximate surface area is 176 Å². The van der Waals surface area contributed by atoms with Crippen LogP contribution in [-0.4, -0.2) is 43.5 Å². The second-order valence-corrected chi connectivity index (χ2v) is 8.63. The van der Waals surface area contributed by atoms with Crippen LogP contribution in [0.2, 0.25) is 0 Å². The minimum Gasteiger partial charge on any atom is -0.338 e. The van der Waals surface area contributed by atoms with Crippen LogP contribution in [0.25, 0.3) is 11.1 Å². The highest BCUT2D eigenvalue weighted by Crippen LogP contribution is 2.40. The van der Waals surface area contributed by atoms with Gasteiger partial charge in [-0.2, -0.15) is 10.2 Å². The number of carbonyl (C=O) groups excluding carboxylic acids is 1. The second kappa shape index (κ2) is 7.00. The number of anilines is 2. The number of benzene rings is 1. The summed E-state index contributed by atoms with van der Waals surface area (Å²) >= 11 is 0. The van der Waals surface area contributed by atoms with Gasteiger partial charge in [-0.25, -0.2) is 0 Å². The number of aryl methyl sites for hydroxylation is 1. The van der Waals surface area contributed by atoms with Gasteiger partial charge in [0.1, 0.15) is 0 Å². The minimum absolute atomic E-state index is 0.131. The third kappa shape index (κ3) is 3.00. The molecule has 2 aromatic heterocycles. The lowest BCUT2D eigenvalue weighted by Gasteiger charge is -2.28. The summed E-state index contributed by atoms with van der Waals surface area (Å²) in [6.45, 7) is 8.33. The average molecular weight is 405 g/mol. The maximum absolute atomic E-state index is 12.0. The van der Waals surface area contributed by atoms with Crippen LogP contribution in [0.4, 0.5) is 11.5 Å².